The second-order valence-electron chi connectivity index (χ2n) is 5.83. The molecule has 0 aliphatic carbocycles. The lowest BCUT2D eigenvalue weighted by atomic mass is 10.1. The van der Waals surface area contributed by atoms with E-state index in [-0.39, 0.29) is 5.91 Å². The predicted molar refractivity (Wildman–Crippen MR) is 106 cm³/mol. The van der Waals surface area contributed by atoms with Crippen molar-refractivity contribution in [2.24, 2.45) is 7.05 Å². The second kappa shape index (κ2) is 7.36. The maximum Gasteiger partial charge on any atom is 0.270 e. The first-order chi connectivity index (χ1) is 11.6. The number of aryl methyl sites for hydroxylation is 2. The van der Waals surface area contributed by atoms with Gasteiger partial charge in [0.1, 0.15) is 0 Å². The van der Waals surface area contributed by atoms with Crippen molar-refractivity contribution in [1.82, 2.24) is 4.57 Å². The number of hydrogen-bond donors (Lipinski definition) is 0. The van der Waals surface area contributed by atoms with E-state index in [1.54, 1.807) is 4.90 Å². The van der Waals surface area contributed by atoms with Crippen molar-refractivity contribution >= 4 is 46.0 Å². The van der Waals surface area contributed by atoms with Crippen LogP contribution in [0.2, 0.25) is 0 Å². The van der Waals surface area contributed by atoms with Gasteiger partial charge in [-0.15, -0.1) is 0 Å². The van der Waals surface area contributed by atoms with Crippen LogP contribution < -0.4 is 4.90 Å². The third-order valence-corrected chi connectivity index (χ3v) is 5.37. The van der Waals surface area contributed by atoms with Crippen LogP contribution in [0.15, 0.2) is 47.5 Å². The summed E-state index contributed by atoms with van der Waals surface area (Å²) in [4.78, 5) is 15.0. The standard InChI is InChI=1S/C19H20N2OS2/c1-3-4-6-14-8-10-15(11-9-14)21-18(22)17(24-19(21)23)13-16-7-5-12-20(16)2/h5,7-13H,3-4,6H2,1-2H3/b17-13+. The number of thiocarbonyl (C=S) groups is 1. The Kier molecular flexibility index (Phi) is 5.21. The summed E-state index contributed by atoms with van der Waals surface area (Å²) in [5.74, 6) is -0.0486. The lowest BCUT2D eigenvalue weighted by molar-refractivity contribution is -0.113. The van der Waals surface area contributed by atoms with Crippen molar-refractivity contribution < 1.29 is 4.79 Å². The van der Waals surface area contributed by atoms with Crippen molar-refractivity contribution in [2.75, 3.05) is 4.90 Å². The van der Waals surface area contributed by atoms with Crippen LogP contribution in [-0.2, 0) is 18.3 Å². The van der Waals surface area contributed by atoms with Gasteiger partial charge in [0.2, 0.25) is 0 Å². The number of rotatable bonds is 5. The molecule has 1 amide bonds. The lowest BCUT2D eigenvalue weighted by Crippen LogP contribution is -2.27. The summed E-state index contributed by atoms with van der Waals surface area (Å²) in [6.07, 6.45) is 7.29. The summed E-state index contributed by atoms with van der Waals surface area (Å²) in [6.45, 7) is 2.19. The molecule has 24 heavy (non-hydrogen) atoms. The Balaban J connectivity index is 1.82. The number of amides is 1. The smallest absolute Gasteiger partial charge is 0.270 e. The van der Waals surface area contributed by atoms with Crippen molar-refractivity contribution in [3.63, 3.8) is 0 Å². The molecule has 1 fully saturated rings. The van der Waals surface area contributed by atoms with Gasteiger partial charge in [0.15, 0.2) is 4.32 Å². The van der Waals surface area contributed by atoms with Gasteiger partial charge in [-0.1, -0.05) is 49.5 Å². The summed E-state index contributed by atoms with van der Waals surface area (Å²) >= 11 is 6.79. The minimum Gasteiger partial charge on any atom is -0.351 e. The molecule has 0 saturated carbocycles. The zero-order chi connectivity index (χ0) is 17.1. The van der Waals surface area contributed by atoms with Crippen LogP contribution in [-0.4, -0.2) is 14.8 Å². The topological polar surface area (TPSA) is 25.2 Å². The van der Waals surface area contributed by atoms with E-state index in [4.69, 9.17) is 12.2 Å². The molecule has 0 N–H and O–H groups in total. The summed E-state index contributed by atoms with van der Waals surface area (Å²) in [7, 11) is 1.96. The van der Waals surface area contributed by atoms with Crippen molar-refractivity contribution in [1.29, 1.82) is 0 Å². The molecule has 0 radical (unpaired) electrons. The lowest BCUT2D eigenvalue weighted by Gasteiger charge is -2.15. The Morgan fingerprint density at radius 3 is 2.58 bits per heavy atom. The van der Waals surface area contributed by atoms with Gasteiger partial charge in [-0.05, 0) is 48.7 Å². The Morgan fingerprint density at radius 2 is 1.96 bits per heavy atom. The van der Waals surface area contributed by atoms with E-state index in [0.29, 0.717) is 9.23 Å². The molecular weight excluding hydrogens is 336 g/mol. The van der Waals surface area contributed by atoms with Gasteiger partial charge >= 0.3 is 0 Å². The number of hydrogen-bond acceptors (Lipinski definition) is 3. The molecule has 0 unspecified atom stereocenters. The van der Waals surface area contributed by atoms with Gasteiger partial charge in [0.05, 0.1) is 10.6 Å². The normalized spacial score (nSPS) is 16.4. The van der Waals surface area contributed by atoms with E-state index < -0.39 is 0 Å². The zero-order valence-electron chi connectivity index (χ0n) is 13.9. The number of carbonyl (C=O) groups excluding carboxylic acids is 1. The summed E-state index contributed by atoms with van der Waals surface area (Å²) in [5, 5.41) is 0. The van der Waals surface area contributed by atoms with E-state index in [2.05, 4.69) is 19.1 Å². The van der Waals surface area contributed by atoms with Crippen LogP contribution in [0.4, 0.5) is 5.69 Å². The van der Waals surface area contributed by atoms with Gasteiger partial charge in [-0.2, -0.15) is 0 Å². The molecule has 3 rings (SSSR count). The first-order valence-corrected chi connectivity index (χ1v) is 9.31. The molecule has 3 nitrogen and oxygen atoms in total. The van der Waals surface area contributed by atoms with Gasteiger partial charge in [-0.3, -0.25) is 9.69 Å². The molecule has 2 heterocycles. The molecule has 1 aliphatic heterocycles. The number of aromatic nitrogens is 1. The molecule has 124 valence electrons. The minimum atomic E-state index is -0.0486. The van der Waals surface area contributed by atoms with Crippen LogP contribution >= 0.6 is 24.0 Å². The molecule has 0 atom stereocenters. The zero-order valence-corrected chi connectivity index (χ0v) is 15.5. The summed E-state index contributed by atoms with van der Waals surface area (Å²) in [6, 6.07) is 12.1. The minimum absolute atomic E-state index is 0.0486. The molecule has 5 heteroatoms. The monoisotopic (exact) mass is 356 g/mol. The molecule has 1 aliphatic rings. The molecular formula is C19H20N2OS2. The van der Waals surface area contributed by atoms with Gasteiger partial charge in [-0.25, -0.2) is 0 Å². The fraction of sp³-hybridized carbons (Fsp3) is 0.263. The fourth-order valence-corrected chi connectivity index (χ4v) is 3.93. The highest BCUT2D eigenvalue weighted by atomic mass is 32.2. The third-order valence-electron chi connectivity index (χ3n) is 4.07. The first kappa shape index (κ1) is 17.0. The maximum absolute atomic E-state index is 12.8. The van der Waals surface area contributed by atoms with E-state index in [0.717, 1.165) is 17.8 Å². The number of nitrogens with zero attached hydrogens (tertiary/aromatic N) is 2. The molecule has 0 spiro atoms. The van der Waals surface area contributed by atoms with E-state index in [1.807, 2.05) is 48.2 Å². The Morgan fingerprint density at radius 1 is 1.21 bits per heavy atom. The second-order valence-corrected chi connectivity index (χ2v) is 7.51. The third kappa shape index (κ3) is 3.47. The predicted octanol–water partition coefficient (Wildman–Crippen LogP) is 4.77. The molecule has 1 saturated heterocycles. The first-order valence-electron chi connectivity index (χ1n) is 8.08. The van der Waals surface area contributed by atoms with Gasteiger partial charge < -0.3 is 4.57 Å². The number of unbranched alkanes of at least 4 members (excludes halogenated alkanes) is 1. The van der Waals surface area contributed by atoms with E-state index in [1.165, 1.54) is 30.2 Å². The van der Waals surface area contributed by atoms with Gasteiger partial charge in [0, 0.05) is 18.9 Å². The highest BCUT2D eigenvalue weighted by molar-refractivity contribution is 8.27. The van der Waals surface area contributed by atoms with Crippen LogP contribution in [0, 0.1) is 0 Å². The largest absolute Gasteiger partial charge is 0.351 e. The number of anilines is 1. The highest BCUT2D eigenvalue weighted by Gasteiger charge is 2.33. The average Bonchev–Trinajstić information content (AvgIpc) is 3.10. The average molecular weight is 357 g/mol. The quantitative estimate of drug-likeness (QED) is 0.570. The van der Waals surface area contributed by atoms with Crippen LogP contribution in [0.5, 0.6) is 0 Å². The van der Waals surface area contributed by atoms with E-state index >= 15 is 0 Å². The van der Waals surface area contributed by atoms with Crippen LogP contribution in [0.3, 0.4) is 0 Å². The molecule has 1 aromatic heterocycles. The number of carbonyl (C=O) groups is 1. The Bertz CT molecular complexity index is 790. The van der Waals surface area contributed by atoms with Gasteiger partial charge in [0.25, 0.3) is 5.91 Å². The molecule has 0 bridgehead atoms. The molecule has 2 aromatic rings. The number of benzene rings is 1. The SMILES string of the molecule is CCCCc1ccc(N2C(=O)/C(=C\c3cccn3C)SC2=S)cc1. The fourth-order valence-electron chi connectivity index (χ4n) is 2.64. The summed E-state index contributed by atoms with van der Waals surface area (Å²) < 4.78 is 2.57. The van der Waals surface area contributed by atoms with Crippen molar-refractivity contribution in [2.45, 2.75) is 26.2 Å². The van der Waals surface area contributed by atoms with Crippen LogP contribution in [0.25, 0.3) is 6.08 Å². The van der Waals surface area contributed by atoms with Crippen LogP contribution in [0.1, 0.15) is 31.0 Å². The Hall–Kier alpha value is -1.85. The molecule has 1 aromatic carbocycles. The van der Waals surface area contributed by atoms with E-state index in [9.17, 15) is 4.79 Å². The number of thioether (sulfide) groups is 1. The van der Waals surface area contributed by atoms with Crippen molar-refractivity contribution in [3.05, 3.63) is 58.8 Å². The highest BCUT2D eigenvalue weighted by Crippen LogP contribution is 2.36. The van der Waals surface area contributed by atoms with Crippen molar-refractivity contribution in [3.8, 4) is 0 Å². The Labute approximate surface area is 152 Å². The maximum atomic E-state index is 12.8. The summed E-state index contributed by atoms with van der Waals surface area (Å²) in [5.41, 5.74) is 3.13.